The van der Waals surface area contributed by atoms with Gasteiger partial charge in [-0.25, -0.2) is 0 Å². The molecule has 2 aromatic rings. The van der Waals surface area contributed by atoms with Crippen molar-refractivity contribution >= 4 is 28.4 Å². The van der Waals surface area contributed by atoms with Crippen molar-refractivity contribution in [3.8, 4) is 0 Å². The molecule has 152 valence electrons. The summed E-state index contributed by atoms with van der Waals surface area (Å²) >= 11 is 6.31. The molecule has 28 heavy (non-hydrogen) atoms. The highest BCUT2D eigenvalue weighted by molar-refractivity contribution is 6.31. The van der Waals surface area contributed by atoms with Crippen LogP contribution in [-0.2, 0) is 22.5 Å². The summed E-state index contributed by atoms with van der Waals surface area (Å²) < 4.78 is 7.82. The van der Waals surface area contributed by atoms with Crippen LogP contribution in [0.5, 0.6) is 0 Å². The van der Waals surface area contributed by atoms with E-state index in [1.54, 1.807) is 0 Å². The molecule has 6 heteroatoms. The number of benzene rings is 1. The minimum atomic E-state index is 0.245. The minimum Gasteiger partial charge on any atom is -0.379 e. The summed E-state index contributed by atoms with van der Waals surface area (Å²) in [6.45, 7) is 9.47. The van der Waals surface area contributed by atoms with E-state index in [-0.39, 0.29) is 5.91 Å². The Morgan fingerprint density at radius 3 is 2.57 bits per heavy atom. The number of carbonyl (C=O) groups excluding carboxylic acids is 1. The number of nitrogens with zero attached hydrogens (tertiary/aromatic N) is 3. The fourth-order valence-electron chi connectivity index (χ4n) is 4.51. The van der Waals surface area contributed by atoms with Crippen molar-refractivity contribution in [3.05, 3.63) is 34.5 Å². The van der Waals surface area contributed by atoms with Crippen LogP contribution in [0.2, 0.25) is 5.02 Å². The molecule has 0 N–H and O–H groups in total. The summed E-state index contributed by atoms with van der Waals surface area (Å²) in [5.41, 5.74) is 3.50. The summed E-state index contributed by atoms with van der Waals surface area (Å²) in [6, 6.07) is 6.07. The van der Waals surface area contributed by atoms with Crippen LogP contribution >= 0.6 is 11.6 Å². The first kappa shape index (κ1) is 19.7. The van der Waals surface area contributed by atoms with E-state index < -0.39 is 0 Å². The summed E-state index contributed by atoms with van der Waals surface area (Å²) in [4.78, 5) is 17.4. The van der Waals surface area contributed by atoms with E-state index in [9.17, 15) is 4.79 Å². The Balaban J connectivity index is 1.59. The quantitative estimate of drug-likeness (QED) is 0.766. The third kappa shape index (κ3) is 4.22. The molecule has 2 saturated heterocycles. The van der Waals surface area contributed by atoms with Crippen molar-refractivity contribution in [2.45, 2.75) is 39.2 Å². The van der Waals surface area contributed by atoms with E-state index in [1.165, 1.54) is 17.6 Å². The molecule has 0 atom stereocenters. The number of amides is 1. The van der Waals surface area contributed by atoms with Gasteiger partial charge in [-0.1, -0.05) is 11.6 Å². The molecular weight excluding hydrogens is 374 g/mol. The van der Waals surface area contributed by atoms with Gasteiger partial charge >= 0.3 is 0 Å². The van der Waals surface area contributed by atoms with Crippen LogP contribution in [-0.4, -0.2) is 66.2 Å². The van der Waals surface area contributed by atoms with Crippen molar-refractivity contribution < 1.29 is 9.53 Å². The third-order valence-electron chi connectivity index (χ3n) is 6.20. The Hall–Kier alpha value is -1.56. The molecule has 1 aromatic heterocycles. The number of fused-ring (bicyclic) bond motifs is 1. The first-order chi connectivity index (χ1) is 13.6. The molecule has 2 aliphatic heterocycles. The Kier molecular flexibility index (Phi) is 6.24. The third-order valence-corrected chi connectivity index (χ3v) is 6.43. The lowest BCUT2D eigenvalue weighted by Gasteiger charge is -2.27. The summed E-state index contributed by atoms with van der Waals surface area (Å²) in [5.74, 6) is 0.245. The van der Waals surface area contributed by atoms with Crippen molar-refractivity contribution in [1.29, 1.82) is 0 Å². The molecule has 0 aliphatic carbocycles. The molecule has 2 aliphatic rings. The number of piperidine rings is 1. The maximum absolute atomic E-state index is 12.9. The van der Waals surface area contributed by atoms with Gasteiger partial charge in [-0.05, 0) is 49.9 Å². The maximum atomic E-state index is 12.9. The topological polar surface area (TPSA) is 37.7 Å². The highest BCUT2D eigenvalue weighted by atomic mass is 35.5. The molecule has 0 spiro atoms. The molecule has 3 heterocycles. The number of morpholine rings is 1. The molecular formula is C22H30ClN3O2. The zero-order valence-electron chi connectivity index (χ0n) is 16.8. The van der Waals surface area contributed by atoms with Gasteiger partial charge < -0.3 is 14.2 Å². The van der Waals surface area contributed by atoms with Crippen LogP contribution in [0.25, 0.3) is 10.9 Å². The Morgan fingerprint density at radius 2 is 1.82 bits per heavy atom. The number of ether oxygens (including phenoxy) is 1. The highest BCUT2D eigenvalue weighted by Gasteiger charge is 2.22. The molecule has 2 fully saturated rings. The fourth-order valence-corrected chi connectivity index (χ4v) is 4.68. The van der Waals surface area contributed by atoms with E-state index in [4.69, 9.17) is 16.3 Å². The largest absolute Gasteiger partial charge is 0.379 e. The van der Waals surface area contributed by atoms with E-state index in [2.05, 4.69) is 22.5 Å². The average Bonchev–Trinajstić information content (AvgIpc) is 2.98. The predicted octanol–water partition coefficient (Wildman–Crippen LogP) is 3.49. The fraction of sp³-hybridized carbons (Fsp3) is 0.591. The van der Waals surface area contributed by atoms with Crippen LogP contribution in [0.15, 0.2) is 18.2 Å². The minimum absolute atomic E-state index is 0.245. The number of aromatic nitrogens is 1. The number of likely N-dealkylation sites (tertiary alicyclic amines) is 1. The Morgan fingerprint density at radius 1 is 1.07 bits per heavy atom. The zero-order chi connectivity index (χ0) is 19.5. The predicted molar refractivity (Wildman–Crippen MR) is 113 cm³/mol. The molecule has 1 aromatic carbocycles. The number of hydrogen-bond acceptors (Lipinski definition) is 3. The summed E-state index contributed by atoms with van der Waals surface area (Å²) in [7, 11) is 0. The number of rotatable bonds is 5. The monoisotopic (exact) mass is 403 g/mol. The second kappa shape index (κ2) is 8.85. The molecule has 0 saturated carbocycles. The van der Waals surface area contributed by atoms with Gasteiger partial charge in [-0.3, -0.25) is 9.69 Å². The van der Waals surface area contributed by atoms with Crippen molar-refractivity contribution in [2.75, 3.05) is 45.9 Å². The van der Waals surface area contributed by atoms with Gasteiger partial charge in [-0.15, -0.1) is 0 Å². The van der Waals surface area contributed by atoms with Crippen LogP contribution in [0.4, 0.5) is 0 Å². The van der Waals surface area contributed by atoms with Gasteiger partial charge in [0.05, 0.1) is 19.6 Å². The standard InChI is InChI=1S/C22H30ClN3O2/c1-17-19(16-22(27)25-7-3-2-4-8-25)20-15-18(23)5-6-21(20)26(17)10-9-24-11-13-28-14-12-24/h5-6,15H,2-4,7-14,16H2,1H3. The molecule has 5 nitrogen and oxygen atoms in total. The Labute approximate surface area is 172 Å². The van der Waals surface area contributed by atoms with Crippen LogP contribution < -0.4 is 0 Å². The van der Waals surface area contributed by atoms with Gasteiger partial charge in [0.2, 0.25) is 5.91 Å². The lowest BCUT2D eigenvalue weighted by molar-refractivity contribution is -0.131. The highest BCUT2D eigenvalue weighted by Crippen LogP contribution is 2.29. The number of halogens is 1. The lowest BCUT2D eigenvalue weighted by Crippen LogP contribution is -2.38. The van der Waals surface area contributed by atoms with E-state index in [1.807, 2.05) is 17.0 Å². The molecule has 1 amide bonds. The SMILES string of the molecule is Cc1c(CC(=O)N2CCCCC2)c2cc(Cl)ccc2n1CCN1CCOCC1. The van der Waals surface area contributed by atoms with Crippen LogP contribution in [0.3, 0.4) is 0 Å². The summed E-state index contributed by atoms with van der Waals surface area (Å²) in [6.07, 6.45) is 3.95. The van der Waals surface area contributed by atoms with E-state index in [0.717, 1.165) is 81.3 Å². The summed E-state index contributed by atoms with van der Waals surface area (Å²) in [5, 5.41) is 1.85. The van der Waals surface area contributed by atoms with E-state index >= 15 is 0 Å². The smallest absolute Gasteiger partial charge is 0.227 e. The van der Waals surface area contributed by atoms with Gasteiger partial charge in [0, 0.05) is 60.9 Å². The number of carbonyl (C=O) groups is 1. The first-order valence-corrected chi connectivity index (χ1v) is 10.9. The molecule has 0 radical (unpaired) electrons. The second-order valence-corrected chi connectivity index (χ2v) is 8.39. The lowest BCUT2D eigenvalue weighted by atomic mass is 10.1. The Bertz CT molecular complexity index is 836. The number of hydrogen-bond donors (Lipinski definition) is 0. The first-order valence-electron chi connectivity index (χ1n) is 10.5. The van der Waals surface area contributed by atoms with Gasteiger partial charge in [-0.2, -0.15) is 0 Å². The molecule has 0 bridgehead atoms. The van der Waals surface area contributed by atoms with Crippen molar-refractivity contribution in [2.24, 2.45) is 0 Å². The van der Waals surface area contributed by atoms with Crippen LogP contribution in [0.1, 0.15) is 30.5 Å². The normalized spacial score (nSPS) is 18.7. The van der Waals surface area contributed by atoms with Gasteiger partial charge in [0.15, 0.2) is 0 Å². The maximum Gasteiger partial charge on any atom is 0.227 e. The zero-order valence-corrected chi connectivity index (χ0v) is 17.5. The molecule has 0 unspecified atom stereocenters. The second-order valence-electron chi connectivity index (χ2n) is 7.95. The van der Waals surface area contributed by atoms with Crippen LogP contribution in [0, 0.1) is 6.92 Å². The average molecular weight is 404 g/mol. The van der Waals surface area contributed by atoms with Gasteiger partial charge in [0.25, 0.3) is 0 Å². The van der Waals surface area contributed by atoms with Crippen molar-refractivity contribution in [3.63, 3.8) is 0 Å². The van der Waals surface area contributed by atoms with Crippen molar-refractivity contribution in [1.82, 2.24) is 14.4 Å². The van der Waals surface area contributed by atoms with Gasteiger partial charge in [0.1, 0.15) is 0 Å². The molecule has 4 rings (SSSR count). The van der Waals surface area contributed by atoms with E-state index in [0.29, 0.717) is 6.42 Å².